The summed E-state index contributed by atoms with van der Waals surface area (Å²) in [5.74, 6) is 0. The van der Waals surface area contributed by atoms with Gasteiger partial charge in [0.05, 0.1) is 11.0 Å². The Morgan fingerprint density at radius 3 is 1.29 bits per heavy atom. The summed E-state index contributed by atoms with van der Waals surface area (Å²) in [5.41, 5.74) is 16.5. The van der Waals surface area contributed by atoms with Crippen LogP contribution in [0.5, 0.6) is 0 Å². The average Bonchev–Trinajstić information content (AvgIpc) is 3.62. The molecule has 0 unspecified atom stereocenters. The largest absolute Gasteiger partial charge is 0.310 e. The number of hydrogen-bond donors (Lipinski definition) is 0. The monoisotopic (exact) mass is 714 g/mol. The summed E-state index contributed by atoms with van der Waals surface area (Å²) >= 11 is 0. The van der Waals surface area contributed by atoms with Gasteiger partial charge in [0.2, 0.25) is 0 Å². The molecule has 2 heteroatoms. The van der Waals surface area contributed by atoms with E-state index < -0.39 is 0 Å². The molecule has 0 atom stereocenters. The van der Waals surface area contributed by atoms with E-state index in [1.807, 2.05) is 0 Å². The maximum Gasteiger partial charge on any atom is 0.0541 e. The molecule has 264 valence electrons. The van der Waals surface area contributed by atoms with Crippen molar-refractivity contribution in [3.8, 4) is 50.2 Å². The molecule has 9 aromatic carbocycles. The quantitative estimate of drug-likeness (QED) is 0.152. The van der Waals surface area contributed by atoms with Crippen LogP contribution in [0.3, 0.4) is 0 Å². The van der Waals surface area contributed by atoms with Gasteiger partial charge in [0, 0.05) is 33.5 Å². The van der Waals surface area contributed by atoms with Crippen LogP contribution in [0.1, 0.15) is 0 Å². The lowest BCUT2D eigenvalue weighted by Crippen LogP contribution is -2.10. The van der Waals surface area contributed by atoms with Gasteiger partial charge in [0.15, 0.2) is 0 Å². The highest BCUT2D eigenvalue weighted by Gasteiger charge is 2.16. The van der Waals surface area contributed by atoms with Gasteiger partial charge < -0.3 is 9.47 Å². The van der Waals surface area contributed by atoms with Gasteiger partial charge in [-0.3, -0.25) is 0 Å². The molecule has 0 spiro atoms. The fraction of sp³-hybridized carbons (Fsp3) is 0. The standard InChI is InChI=1S/C54H38N2/c1-4-14-39(15-5-1)43-18-12-19-44(36-43)41-26-31-48(32-27-41)55(50-23-13-20-45(37-50)40-16-6-2-7-17-40)49-33-28-42(29-34-49)46-30-35-54-52(38-46)51-24-10-11-25-53(51)56(54)47-21-8-3-9-22-47/h1-38H. The van der Waals surface area contributed by atoms with E-state index in [9.17, 15) is 0 Å². The Labute approximate surface area is 327 Å². The molecule has 0 saturated heterocycles. The predicted molar refractivity (Wildman–Crippen MR) is 237 cm³/mol. The Morgan fingerprint density at radius 1 is 0.250 bits per heavy atom. The Hall–Kier alpha value is -7.42. The van der Waals surface area contributed by atoms with Gasteiger partial charge in [0.1, 0.15) is 0 Å². The van der Waals surface area contributed by atoms with Crippen LogP contribution in [0.15, 0.2) is 231 Å². The van der Waals surface area contributed by atoms with Crippen molar-refractivity contribution < 1.29 is 0 Å². The minimum atomic E-state index is 1.10. The van der Waals surface area contributed by atoms with Crippen molar-refractivity contribution in [3.63, 3.8) is 0 Å². The lowest BCUT2D eigenvalue weighted by Gasteiger charge is -2.26. The van der Waals surface area contributed by atoms with Crippen LogP contribution in [0.4, 0.5) is 17.1 Å². The van der Waals surface area contributed by atoms with Crippen LogP contribution in [-0.4, -0.2) is 4.57 Å². The van der Waals surface area contributed by atoms with E-state index in [4.69, 9.17) is 0 Å². The molecule has 56 heavy (non-hydrogen) atoms. The number of fused-ring (bicyclic) bond motifs is 3. The summed E-state index contributed by atoms with van der Waals surface area (Å²) in [4.78, 5) is 2.36. The molecule has 1 aromatic heterocycles. The number of benzene rings is 9. The van der Waals surface area contributed by atoms with Crippen LogP contribution in [0, 0.1) is 0 Å². The molecular weight excluding hydrogens is 677 g/mol. The molecule has 0 amide bonds. The minimum Gasteiger partial charge on any atom is -0.310 e. The molecule has 0 N–H and O–H groups in total. The highest BCUT2D eigenvalue weighted by atomic mass is 15.1. The van der Waals surface area contributed by atoms with E-state index >= 15 is 0 Å². The lowest BCUT2D eigenvalue weighted by atomic mass is 9.98. The first-order valence-corrected chi connectivity index (χ1v) is 19.2. The third-order valence-electron chi connectivity index (χ3n) is 10.8. The first-order chi connectivity index (χ1) is 27.8. The Morgan fingerprint density at radius 2 is 0.679 bits per heavy atom. The van der Waals surface area contributed by atoms with Gasteiger partial charge in [0.25, 0.3) is 0 Å². The van der Waals surface area contributed by atoms with Crippen molar-refractivity contribution in [2.75, 3.05) is 4.90 Å². The molecule has 0 saturated carbocycles. The second-order valence-electron chi connectivity index (χ2n) is 14.2. The zero-order chi connectivity index (χ0) is 37.3. The lowest BCUT2D eigenvalue weighted by molar-refractivity contribution is 1.18. The highest BCUT2D eigenvalue weighted by molar-refractivity contribution is 6.10. The fourth-order valence-electron chi connectivity index (χ4n) is 8.02. The highest BCUT2D eigenvalue weighted by Crippen LogP contribution is 2.40. The van der Waals surface area contributed by atoms with E-state index in [2.05, 4.69) is 240 Å². The average molecular weight is 715 g/mol. The summed E-state index contributed by atoms with van der Waals surface area (Å²) in [7, 11) is 0. The van der Waals surface area contributed by atoms with Gasteiger partial charge >= 0.3 is 0 Å². The Balaban J connectivity index is 1.03. The molecule has 10 aromatic rings. The van der Waals surface area contributed by atoms with Crippen LogP contribution in [-0.2, 0) is 0 Å². The fourth-order valence-corrected chi connectivity index (χ4v) is 8.02. The number of para-hydroxylation sites is 2. The number of anilines is 3. The van der Waals surface area contributed by atoms with Gasteiger partial charge in [-0.25, -0.2) is 0 Å². The van der Waals surface area contributed by atoms with Crippen molar-refractivity contribution in [2.45, 2.75) is 0 Å². The molecule has 0 radical (unpaired) electrons. The third kappa shape index (κ3) is 6.24. The van der Waals surface area contributed by atoms with Crippen LogP contribution >= 0.6 is 0 Å². The molecule has 0 aliphatic rings. The summed E-state index contributed by atoms with van der Waals surface area (Å²) in [6.07, 6.45) is 0. The van der Waals surface area contributed by atoms with Crippen molar-refractivity contribution in [2.24, 2.45) is 0 Å². The van der Waals surface area contributed by atoms with E-state index in [-0.39, 0.29) is 0 Å². The number of nitrogens with zero attached hydrogens (tertiary/aromatic N) is 2. The van der Waals surface area contributed by atoms with Gasteiger partial charge in [-0.1, -0.05) is 158 Å². The van der Waals surface area contributed by atoms with Gasteiger partial charge in [-0.05, 0) is 117 Å². The summed E-state index contributed by atoms with van der Waals surface area (Å²) < 4.78 is 2.37. The topological polar surface area (TPSA) is 8.17 Å². The van der Waals surface area contributed by atoms with Gasteiger partial charge in [-0.2, -0.15) is 0 Å². The zero-order valence-corrected chi connectivity index (χ0v) is 30.8. The molecule has 1 heterocycles. The first kappa shape index (κ1) is 33.2. The van der Waals surface area contributed by atoms with E-state index in [0.29, 0.717) is 0 Å². The Bertz CT molecular complexity index is 2930. The second kappa shape index (κ2) is 14.4. The summed E-state index contributed by atoms with van der Waals surface area (Å²) in [5, 5.41) is 2.50. The van der Waals surface area contributed by atoms with Crippen LogP contribution < -0.4 is 4.90 Å². The summed E-state index contributed by atoms with van der Waals surface area (Å²) in [6, 6.07) is 83.0. The second-order valence-corrected chi connectivity index (χ2v) is 14.2. The smallest absolute Gasteiger partial charge is 0.0541 e. The van der Waals surface area contributed by atoms with Crippen molar-refractivity contribution in [1.82, 2.24) is 4.57 Å². The van der Waals surface area contributed by atoms with Crippen LogP contribution in [0.2, 0.25) is 0 Å². The maximum absolute atomic E-state index is 2.37. The van der Waals surface area contributed by atoms with E-state index in [1.54, 1.807) is 0 Å². The number of aromatic nitrogens is 1. The van der Waals surface area contributed by atoms with Crippen molar-refractivity contribution in [1.29, 1.82) is 0 Å². The molecule has 0 fully saturated rings. The number of rotatable bonds is 8. The van der Waals surface area contributed by atoms with Gasteiger partial charge in [-0.15, -0.1) is 0 Å². The first-order valence-electron chi connectivity index (χ1n) is 19.2. The summed E-state index contributed by atoms with van der Waals surface area (Å²) in [6.45, 7) is 0. The van der Waals surface area contributed by atoms with Crippen molar-refractivity contribution >= 4 is 38.9 Å². The predicted octanol–water partition coefficient (Wildman–Crippen LogP) is 14.9. The van der Waals surface area contributed by atoms with Crippen LogP contribution in [0.25, 0.3) is 72.0 Å². The normalized spacial score (nSPS) is 11.2. The van der Waals surface area contributed by atoms with E-state index in [0.717, 1.165) is 17.1 Å². The molecule has 0 aliphatic heterocycles. The third-order valence-corrected chi connectivity index (χ3v) is 10.8. The zero-order valence-electron chi connectivity index (χ0n) is 30.8. The molecule has 0 aliphatic carbocycles. The minimum absolute atomic E-state index is 1.10. The SMILES string of the molecule is c1ccc(-c2cccc(-c3ccc(N(c4ccc(-c5ccc6c(c5)c5ccccc5n6-c5ccccc5)cc4)c4cccc(-c5ccccc5)c4)cc3)c2)cc1. The Kier molecular flexibility index (Phi) is 8.55. The molecular formula is C54H38N2. The maximum atomic E-state index is 2.37. The molecule has 10 rings (SSSR count). The molecule has 2 nitrogen and oxygen atoms in total. The number of hydrogen-bond acceptors (Lipinski definition) is 1. The molecule has 0 bridgehead atoms. The van der Waals surface area contributed by atoms with E-state index in [1.165, 1.54) is 72.0 Å². The van der Waals surface area contributed by atoms with Crippen molar-refractivity contribution in [3.05, 3.63) is 231 Å².